The van der Waals surface area contributed by atoms with Crippen LogP contribution in [0.3, 0.4) is 0 Å². The highest BCUT2D eigenvalue weighted by Crippen LogP contribution is 2.38. The Balaban J connectivity index is 1.26. The Morgan fingerprint density at radius 2 is 1.43 bits per heavy atom. The van der Waals surface area contributed by atoms with Crippen LogP contribution in [0.4, 0.5) is 0 Å². The van der Waals surface area contributed by atoms with Crippen molar-refractivity contribution in [3.63, 3.8) is 0 Å². The fourth-order valence-corrected chi connectivity index (χ4v) is 6.39. The molecule has 0 unspecified atom stereocenters. The summed E-state index contributed by atoms with van der Waals surface area (Å²) in [4.78, 5) is 36.4. The quantitative estimate of drug-likeness (QED) is 0.0531. The Hall–Kier alpha value is -3.61. The van der Waals surface area contributed by atoms with E-state index in [4.69, 9.17) is 18.9 Å². The van der Waals surface area contributed by atoms with Crippen molar-refractivity contribution in [2.75, 3.05) is 13.2 Å². The zero-order valence-corrected chi connectivity index (χ0v) is 30.6. The normalized spacial score (nSPS) is 16.1. The lowest BCUT2D eigenvalue weighted by Gasteiger charge is -2.29. The molecule has 1 fully saturated rings. The Morgan fingerprint density at radius 3 is 2.10 bits per heavy atom. The number of carbonyl (C=O) groups is 3. The maximum Gasteiger partial charge on any atom is 0.343 e. The molecule has 7 nitrogen and oxygen atoms in total. The molecule has 7 heteroatoms. The summed E-state index contributed by atoms with van der Waals surface area (Å²) in [5.74, 6) is 1.83. The van der Waals surface area contributed by atoms with Crippen LogP contribution in [-0.2, 0) is 19.1 Å². The van der Waals surface area contributed by atoms with Crippen molar-refractivity contribution in [1.82, 2.24) is 0 Å². The van der Waals surface area contributed by atoms with Gasteiger partial charge in [-0.15, -0.1) is 0 Å². The van der Waals surface area contributed by atoms with Gasteiger partial charge in [0.25, 0.3) is 0 Å². The first kappa shape index (κ1) is 39.8. The van der Waals surface area contributed by atoms with Gasteiger partial charge in [0, 0.05) is 12.0 Å². The van der Waals surface area contributed by atoms with Crippen molar-refractivity contribution >= 4 is 17.9 Å². The van der Waals surface area contributed by atoms with Crippen molar-refractivity contribution in [1.29, 1.82) is 0 Å². The van der Waals surface area contributed by atoms with Crippen LogP contribution in [0.25, 0.3) is 0 Å². The molecule has 0 N–H and O–H groups in total. The number of carbonyl (C=O) groups excluding carboxylic acids is 3. The number of hydrogen-bond acceptors (Lipinski definition) is 7. The molecular weight excluding hydrogens is 616 g/mol. The van der Waals surface area contributed by atoms with Gasteiger partial charge in [0.1, 0.15) is 17.1 Å². The zero-order chi connectivity index (χ0) is 35.5. The fourth-order valence-electron chi connectivity index (χ4n) is 6.39. The lowest BCUT2D eigenvalue weighted by atomic mass is 9.77. The van der Waals surface area contributed by atoms with E-state index in [0.717, 1.165) is 38.0 Å². The molecule has 0 bridgehead atoms. The molecule has 0 aliphatic heterocycles. The summed E-state index contributed by atoms with van der Waals surface area (Å²) in [7, 11) is 0. The summed E-state index contributed by atoms with van der Waals surface area (Å²) in [6, 6.07) is 15.1. The SMILES string of the molecule is C=C(C)C(=O)OCCCCCC(=O)OC(C)(C)CCCCCOc1ccc(C(=O)Oc2ccc(C3CCC(CCCCC)CC3)cc2)cc1. The number of rotatable bonds is 22. The van der Waals surface area contributed by atoms with Gasteiger partial charge in [-0.25, -0.2) is 9.59 Å². The maximum atomic E-state index is 12.8. The monoisotopic (exact) mass is 676 g/mol. The molecule has 0 aromatic heterocycles. The van der Waals surface area contributed by atoms with Gasteiger partial charge in [0.15, 0.2) is 0 Å². The smallest absolute Gasteiger partial charge is 0.343 e. The van der Waals surface area contributed by atoms with E-state index in [1.807, 2.05) is 26.0 Å². The molecule has 1 saturated carbocycles. The number of unbranched alkanes of at least 4 members (excludes halogenated alkanes) is 6. The van der Waals surface area contributed by atoms with Crippen molar-refractivity contribution in [2.24, 2.45) is 5.92 Å². The number of benzene rings is 2. The van der Waals surface area contributed by atoms with Crippen LogP contribution >= 0.6 is 0 Å². The molecule has 1 aliphatic rings. The highest BCUT2D eigenvalue weighted by Gasteiger charge is 2.23. The standard InChI is InChI=1S/C42H60O7/c1-6-7-10-15-33-17-19-34(20-18-33)35-21-27-38(28-22-35)48-41(45)36-23-25-37(26-24-36)46-30-14-9-12-29-42(4,5)49-39(43)16-11-8-13-31-47-40(44)32(2)3/h21-28,33-34H,2,6-20,29-31H2,1,3-5H3. The maximum absolute atomic E-state index is 12.8. The molecule has 0 heterocycles. The molecule has 2 aromatic rings. The van der Waals surface area contributed by atoms with Crippen LogP contribution in [0.1, 0.15) is 152 Å². The second-order valence-electron chi connectivity index (χ2n) is 14.3. The molecule has 0 radical (unpaired) electrons. The Morgan fingerprint density at radius 1 is 0.776 bits per heavy atom. The number of hydrogen-bond donors (Lipinski definition) is 0. The molecule has 270 valence electrons. The van der Waals surface area contributed by atoms with Gasteiger partial charge in [0.05, 0.1) is 18.8 Å². The first-order valence-corrected chi connectivity index (χ1v) is 18.7. The molecule has 1 aliphatic carbocycles. The van der Waals surface area contributed by atoms with Gasteiger partial charge in [0.2, 0.25) is 0 Å². The molecule has 3 rings (SSSR count). The zero-order valence-electron chi connectivity index (χ0n) is 30.6. The summed E-state index contributed by atoms with van der Waals surface area (Å²) in [6.45, 7) is 12.2. The van der Waals surface area contributed by atoms with Crippen molar-refractivity contribution in [2.45, 2.75) is 142 Å². The van der Waals surface area contributed by atoms with Crippen LogP contribution in [0, 0.1) is 5.92 Å². The molecule has 0 amide bonds. The predicted molar refractivity (Wildman–Crippen MR) is 195 cm³/mol. The molecule has 0 atom stereocenters. The van der Waals surface area contributed by atoms with Crippen LogP contribution in [-0.4, -0.2) is 36.7 Å². The van der Waals surface area contributed by atoms with E-state index in [0.29, 0.717) is 61.0 Å². The van der Waals surface area contributed by atoms with Gasteiger partial charge >= 0.3 is 17.9 Å². The molecular formula is C42H60O7. The van der Waals surface area contributed by atoms with Gasteiger partial charge in [-0.05, 0) is 145 Å². The summed E-state index contributed by atoms with van der Waals surface area (Å²) in [5.41, 5.74) is 1.70. The van der Waals surface area contributed by atoms with Gasteiger partial charge in [-0.3, -0.25) is 4.79 Å². The summed E-state index contributed by atoms with van der Waals surface area (Å²) in [6.07, 6.45) is 16.6. The highest BCUT2D eigenvalue weighted by molar-refractivity contribution is 5.91. The van der Waals surface area contributed by atoms with E-state index in [-0.39, 0.29) is 17.9 Å². The average molecular weight is 677 g/mol. The summed E-state index contributed by atoms with van der Waals surface area (Å²) >= 11 is 0. The second kappa shape index (κ2) is 21.5. The van der Waals surface area contributed by atoms with Crippen LogP contribution < -0.4 is 9.47 Å². The third-order valence-corrected chi connectivity index (χ3v) is 9.40. The predicted octanol–water partition coefficient (Wildman–Crippen LogP) is 10.7. The molecule has 0 saturated heterocycles. The van der Waals surface area contributed by atoms with E-state index >= 15 is 0 Å². The third-order valence-electron chi connectivity index (χ3n) is 9.40. The first-order valence-electron chi connectivity index (χ1n) is 18.7. The van der Waals surface area contributed by atoms with E-state index in [1.165, 1.54) is 56.9 Å². The first-order chi connectivity index (χ1) is 23.6. The Bertz CT molecular complexity index is 1290. The number of esters is 3. The van der Waals surface area contributed by atoms with E-state index in [9.17, 15) is 14.4 Å². The molecule has 49 heavy (non-hydrogen) atoms. The minimum absolute atomic E-state index is 0.196. The van der Waals surface area contributed by atoms with E-state index in [1.54, 1.807) is 31.2 Å². The summed E-state index contributed by atoms with van der Waals surface area (Å²) in [5, 5.41) is 0. The minimum Gasteiger partial charge on any atom is -0.494 e. The lowest BCUT2D eigenvalue weighted by molar-refractivity contribution is -0.157. The van der Waals surface area contributed by atoms with Gasteiger partial charge in [-0.2, -0.15) is 0 Å². The highest BCUT2D eigenvalue weighted by atomic mass is 16.6. The Labute approximate surface area is 295 Å². The molecule has 2 aromatic carbocycles. The summed E-state index contributed by atoms with van der Waals surface area (Å²) < 4.78 is 22.3. The molecule has 0 spiro atoms. The average Bonchev–Trinajstić information content (AvgIpc) is 3.08. The largest absolute Gasteiger partial charge is 0.494 e. The van der Waals surface area contributed by atoms with E-state index < -0.39 is 5.60 Å². The van der Waals surface area contributed by atoms with Crippen molar-refractivity contribution in [3.8, 4) is 11.5 Å². The topological polar surface area (TPSA) is 88.1 Å². The minimum atomic E-state index is -0.520. The lowest BCUT2D eigenvalue weighted by Crippen LogP contribution is -2.28. The third kappa shape index (κ3) is 15.7. The second-order valence-corrected chi connectivity index (χ2v) is 14.3. The van der Waals surface area contributed by atoms with Crippen LogP contribution in [0.2, 0.25) is 0 Å². The van der Waals surface area contributed by atoms with Crippen LogP contribution in [0.5, 0.6) is 11.5 Å². The fraction of sp³-hybridized carbons (Fsp3) is 0.595. The van der Waals surface area contributed by atoms with Gasteiger partial charge < -0.3 is 18.9 Å². The number of ether oxygens (including phenoxy) is 4. The van der Waals surface area contributed by atoms with Crippen molar-refractivity contribution < 1.29 is 33.3 Å². The Kier molecular flexibility index (Phi) is 17.5. The van der Waals surface area contributed by atoms with Crippen LogP contribution in [0.15, 0.2) is 60.7 Å². The van der Waals surface area contributed by atoms with E-state index in [2.05, 4.69) is 25.6 Å². The van der Waals surface area contributed by atoms with Gasteiger partial charge in [-0.1, -0.05) is 51.3 Å². The van der Waals surface area contributed by atoms with Crippen molar-refractivity contribution in [3.05, 3.63) is 71.8 Å².